The maximum Gasteiger partial charge on any atom is 0.335 e. The summed E-state index contributed by atoms with van der Waals surface area (Å²) in [5, 5.41) is 9.69. The van der Waals surface area contributed by atoms with Crippen molar-refractivity contribution in [3.8, 4) is 0 Å². The molecule has 3 nitrogen and oxygen atoms in total. The van der Waals surface area contributed by atoms with Crippen LogP contribution in [0.3, 0.4) is 0 Å². The molecular formula is C16H13ClO3. The number of carbonyl (C=O) groups is 2. The molecule has 0 fully saturated rings. The third-order valence-corrected chi connectivity index (χ3v) is 3.61. The minimum Gasteiger partial charge on any atom is -0.478 e. The fourth-order valence-electron chi connectivity index (χ4n) is 2.20. The summed E-state index contributed by atoms with van der Waals surface area (Å²) in [6.45, 7) is 1.89. The molecule has 2 rings (SSSR count). The van der Waals surface area contributed by atoms with Crippen LogP contribution in [-0.2, 0) is 0 Å². The first kappa shape index (κ1) is 14.3. The first-order chi connectivity index (χ1) is 9.54. The maximum absolute atomic E-state index is 11.3. The molecule has 0 amide bonds. The molecule has 0 unspecified atom stereocenters. The van der Waals surface area contributed by atoms with Gasteiger partial charge in [-0.3, -0.25) is 4.79 Å². The van der Waals surface area contributed by atoms with Gasteiger partial charge in [0.2, 0.25) is 0 Å². The van der Waals surface area contributed by atoms with Gasteiger partial charge in [0.25, 0.3) is 0 Å². The highest BCUT2D eigenvalue weighted by atomic mass is 35.5. The number of carbonyl (C=O) groups excluding carboxylic acids is 1. The van der Waals surface area contributed by atoms with E-state index in [0.29, 0.717) is 16.1 Å². The number of rotatable bonds is 4. The van der Waals surface area contributed by atoms with Crippen molar-refractivity contribution in [2.24, 2.45) is 0 Å². The Morgan fingerprint density at radius 2 is 1.90 bits per heavy atom. The summed E-state index contributed by atoms with van der Waals surface area (Å²) in [5.74, 6) is -1.14. The molecule has 4 heteroatoms. The van der Waals surface area contributed by atoms with Crippen molar-refractivity contribution in [1.82, 2.24) is 0 Å². The zero-order valence-corrected chi connectivity index (χ0v) is 11.6. The monoisotopic (exact) mass is 288 g/mol. The van der Waals surface area contributed by atoms with Crippen LogP contribution in [0.1, 0.15) is 44.7 Å². The molecule has 1 atom stereocenters. The molecule has 0 radical (unpaired) electrons. The number of aldehydes is 1. The zero-order valence-electron chi connectivity index (χ0n) is 10.8. The van der Waals surface area contributed by atoms with E-state index in [1.54, 1.807) is 42.5 Å². The van der Waals surface area contributed by atoms with Gasteiger partial charge in [-0.25, -0.2) is 4.79 Å². The summed E-state index contributed by atoms with van der Waals surface area (Å²) in [6, 6.07) is 11.9. The van der Waals surface area contributed by atoms with Gasteiger partial charge in [-0.2, -0.15) is 0 Å². The van der Waals surface area contributed by atoms with Gasteiger partial charge >= 0.3 is 5.97 Å². The molecule has 0 heterocycles. The van der Waals surface area contributed by atoms with Crippen LogP contribution in [0.5, 0.6) is 0 Å². The Morgan fingerprint density at radius 1 is 1.20 bits per heavy atom. The second kappa shape index (κ2) is 5.88. The molecule has 0 saturated heterocycles. The van der Waals surface area contributed by atoms with E-state index >= 15 is 0 Å². The smallest absolute Gasteiger partial charge is 0.335 e. The van der Waals surface area contributed by atoms with E-state index in [4.69, 9.17) is 11.6 Å². The Balaban J connectivity index is 2.49. The molecule has 0 aromatic heterocycles. The van der Waals surface area contributed by atoms with Crippen molar-refractivity contribution < 1.29 is 14.7 Å². The van der Waals surface area contributed by atoms with E-state index in [1.165, 1.54) is 0 Å². The summed E-state index contributed by atoms with van der Waals surface area (Å²) in [6.07, 6.45) is 0.728. The minimum atomic E-state index is -0.965. The van der Waals surface area contributed by atoms with Crippen LogP contribution in [0.2, 0.25) is 5.02 Å². The third-order valence-electron chi connectivity index (χ3n) is 3.28. The summed E-state index contributed by atoms with van der Waals surface area (Å²) in [4.78, 5) is 22.0. The predicted octanol–water partition coefficient (Wildman–Crippen LogP) is 4.00. The quantitative estimate of drug-likeness (QED) is 0.865. The van der Waals surface area contributed by atoms with Crippen LogP contribution in [0.4, 0.5) is 0 Å². The summed E-state index contributed by atoms with van der Waals surface area (Å²) in [7, 11) is 0. The van der Waals surface area contributed by atoms with Crippen molar-refractivity contribution in [2.45, 2.75) is 12.8 Å². The minimum absolute atomic E-state index is 0.171. The van der Waals surface area contributed by atoms with E-state index < -0.39 is 5.97 Å². The van der Waals surface area contributed by atoms with E-state index in [0.717, 1.165) is 11.8 Å². The van der Waals surface area contributed by atoms with E-state index in [-0.39, 0.29) is 11.5 Å². The number of hydrogen-bond acceptors (Lipinski definition) is 2. The number of benzene rings is 2. The summed E-state index contributed by atoms with van der Waals surface area (Å²) in [5.41, 5.74) is 2.25. The standard InChI is InChI=1S/C16H13ClO3/c1-10(12-4-2-3-5-14(12)16(19)20)13-7-6-11(9-18)8-15(13)17/h2-10H,1H3,(H,19,20)/t10-/m0/s1. The Labute approximate surface area is 121 Å². The number of hydrogen-bond donors (Lipinski definition) is 1. The molecule has 20 heavy (non-hydrogen) atoms. The van der Waals surface area contributed by atoms with E-state index in [9.17, 15) is 14.7 Å². The highest BCUT2D eigenvalue weighted by molar-refractivity contribution is 6.31. The molecule has 0 aliphatic heterocycles. The summed E-state index contributed by atoms with van der Waals surface area (Å²) >= 11 is 6.18. The Kier molecular flexibility index (Phi) is 4.20. The Bertz CT molecular complexity index is 665. The first-order valence-electron chi connectivity index (χ1n) is 6.11. The van der Waals surface area contributed by atoms with E-state index in [1.807, 2.05) is 6.92 Å². The lowest BCUT2D eigenvalue weighted by atomic mass is 9.89. The maximum atomic E-state index is 11.3. The number of aromatic carboxylic acids is 1. The van der Waals surface area contributed by atoms with Crippen LogP contribution < -0.4 is 0 Å². The molecular weight excluding hydrogens is 276 g/mol. The largest absolute Gasteiger partial charge is 0.478 e. The molecule has 2 aromatic rings. The normalized spacial score (nSPS) is 11.9. The molecule has 2 aromatic carbocycles. The molecule has 0 bridgehead atoms. The SMILES string of the molecule is C[C@H](c1ccc(C=O)cc1Cl)c1ccccc1C(=O)O. The van der Waals surface area contributed by atoms with Crippen molar-refractivity contribution in [3.63, 3.8) is 0 Å². The number of carboxylic acid groups (broad SMARTS) is 1. The Morgan fingerprint density at radius 3 is 2.50 bits per heavy atom. The van der Waals surface area contributed by atoms with Crippen LogP contribution in [-0.4, -0.2) is 17.4 Å². The van der Waals surface area contributed by atoms with Crippen molar-refractivity contribution in [2.75, 3.05) is 0 Å². The average molecular weight is 289 g/mol. The molecule has 0 saturated carbocycles. The van der Waals surface area contributed by atoms with Gasteiger partial charge < -0.3 is 5.11 Å². The second-order valence-electron chi connectivity index (χ2n) is 4.51. The fraction of sp³-hybridized carbons (Fsp3) is 0.125. The van der Waals surface area contributed by atoms with E-state index in [2.05, 4.69) is 0 Å². The van der Waals surface area contributed by atoms with Gasteiger partial charge in [0, 0.05) is 16.5 Å². The van der Waals surface area contributed by atoms with Gasteiger partial charge in [-0.1, -0.05) is 48.9 Å². The fourth-order valence-corrected chi connectivity index (χ4v) is 2.56. The number of halogens is 1. The second-order valence-corrected chi connectivity index (χ2v) is 4.92. The lowest BCUT2D eigenvalue weighted by Crippen LogP contribution is -2.06. The van der Waals surface area contributed by atoms with Gasteiger partial charge in [-0.05, 0) is 23.3 Å². The van der Waals surface area contributed by atoms with Crippen LogP contribution in [0.25, 0.3) is 0 Å². The van der Waals surface area contributed by atoms with Crippen molar-refractivity contribution >= 4 is 23.9 Å². The molecule has 1 N–H and O–H groups in total. The topological polar surface area (TPSA) is 54.4 Å². The van der Waals surface area contributed by atoms with Gasteiger partial charge in [0.05, 0.1) is 5.56 Å². The lowest BCUT2D eigenvalue weighted by Gasteiger charge is -2.16. The lowest BCUT2D eigenvalue weighted by molar-refractivity contribution is 0.0695. The zero-order chi connectivity index (χ0) is 14.7. The predicted molar refractivity (Wildman–Crippen MR) is 77.8 cm³/mol. The number of carboxylic acids is 1. The molecule has 102 valence electrons. The van der Waals surface area contributed by atoms with Crippen LogP contribution in [0, 0.1) is 0 Å². The highest BCUT2D eigenvalue weighted by Gasteiger charge is 2.18. The van der Waals surface area contributed by atoms with Crippen molar-refractivity contribution in [1.29, 1.82) is 0 Å². The molecule has 0 aliphatic carbocycles. The van der Waals surface area contributed by atoms with Crippen LogP contribution in [0.15, 0.2) is 42.5 Å². The van der Waals surface area contributed by atoms with Gasteiger partial charge in [0.1, 0.15) is 6.29 Å². The molecule has 0 aliphatic rings. The summed E-state index contributed by atoms with van der Waals surface area (Å²) < 4.78 is 0. The molecule has 0 spiro atoms. The van der Waals surface area contributed by atoms with Crippen molar-refractivity contribution in [3.05, 3.63) is 69.7 Å². The Hall–Kier alpha value is -2.13. The highest BCUT2D eigenvalue weighted by Crippen LogP contribution is 2.32. The third kappa shape index (κ3) is 2.73. The van der Waals surface area contributed by atoms with Gasteiger partial charge in [-0.15, -0.1) is 0 Å². The first-order valence-corrected chi connectivity index (χ1v) is 6.49. The van der Waals surface area contributed by atoms with Crippen LogP contribution >= 0.6 is 11.6 Å². The average Bonchev–Trinajstić information content (AvgIpc) is 2.46. The van der Waals surface area contributed by atoms with Gasteiger partial charge in [0.15, 0.2) is 0 Å².